The molecule has 18 heavy (non-hydrogen) atoms. The molecule has 104 valence electrons. The zero-order valence-electron chi connectivity index (χ0n) is 11.2. The van der Waals surface area contributed by atoms with E-state index in [1.54, 1.807) is 0 Å². The van der Waals surface area contributed by atoms with Gasteiger partial charge in [0.2, 0.25) is 5.89 Å². The van der Waals surface area contributed by atoms with Crippen molar-refractivity contribution in [1.29, 1.82) is 0 Å². The van der Waals surface area contributed by atoms with Crippen molar-refractivity contribution >= 4 is 16.8 Å². The smallest absolute Gasteiger partial charge is 0.315 e. The van der Waals surface area contributed by atoms with Crippen molar-refractivity contribution in [2.45, 2.75) is 27.3 Å². The van der Waals surface area contributed by atoms with Crippen molar-refractivity contribution in [1.82, 2.24) is 15.5 Å². The molecule has 1 atom stereocenters. The van der Waals surface area contributed by atoms with Gasteiger partial charge in [-0.05, 0) is 12.5 Å². The van der Waals surface area contributed by atoms with Gasteiger partial charge in [0.15, 0.2) is 0 Å². The zero-order valence-corrected chi connectivity index (χ0v) is 12.0. The van der Waals surface area contributed by atoms with Crippen LogP contribution in [-0.4, -0.2) is 39.0 Å². The molecule has 2 N–H and O–H groups in total. The van der Waals surface area contributed by atoms with E-state index in [1.807, 2.05) is 6.92 Å². The molecule has 0 amide bonds. The Morgan fingerprint density at radius 2 is 2.17 bits per heavy atom. The quantitative estimate of drug-likeness (QED) is 0.699. The Balaban J connectivity index is 2.23. The molecule has 0 fully saturated rings. The van der Waals surface area contributed by atoms with Crippen LogP contribution in [0.1, 0.15) is 26.7 Å². The number of hydrogen-bond donors (Lipinski definition) is 2. The largest absolute Gasteiger partial charge is 0.407 e. The van der Waals surface area contributed by atoms with Gasteiger partial charge in [-0.3, -0.25) is 4.21 Å². The number of nitrogens with one attached hydrogen (secondary N) is 2. The molecule has 1 heterocycles. The molecular formula is C11H22N4O2S. The lowest BCUT2D eigenvalue weighted by Crippen LogP contribution is -2.19. The normalized spacial score (nSPS) is 12.9. The molecule has 6 nitrogen and oxygen atoms in total. The van der Waals surface area contributed by atoms with Crippen LogP contribution in [0.3, 0.4) is 0 Å². The van der Waals surface area contributed by atoms with Crippen LogP contribution in [0.15, 0.2) is 4.42 Å². The van der Waals surface area contributed by atoms with Crippen LogP contribution >= 0.6 is 0 Å². The van der Waals surface area contributed by atoms with E-state index in [0.717, 1.165) is 6.54 Å². The van der Waals surface area contributed by atoms with Gasteiger partial charge in [0, 0.05) is 28.9 Å². The molecule has 1 aromatic heterocycles. The summed E-state index contributed by atoms with van der Waals surface area (Å²) in [5, 5.41) is 14.0. The molecule has 0 radical (unpaired) electrons. The fourth-order valence-corrected chi connectivity index (χ4v) is 1.90. The fourth-order valence-electron chi connectivity index (χ4n) is 1.28. The van der Waals surface area contributed by atoms with Crippen molar-refractivity contribution in [3.05, 3.63) is 5.89 Å². The zero-order chi connectivity index (χ0) is 13.4. The second-order valence-electron chi connectivity index (χ2n) is 4.39. The van der Waals surface area contributed by atoms with Gasteiger partial charge in [-0.1, -0.05) is 25.9 Å². The van der Waals surface area contributed by atoms with Crippen molar-refractivity contribution < 1.29 is 8.63 Å². The maximum absolute atomic E-state index is 11.2. The monoisotopic (exact) mass is 274 g/mol. The Labute approximate surface area is 110 Å². The van der Waals surface area contributed by atoms with Gasteiger partial charge in [-0.2, -0.15) is 0 Å². The summed E-state index contributed by atoms with van der Waals surface area (Å²) >= 11 is 0. The predicted molar refractivity (Wildman–Crippen MR) is 72.9 cm³/mol. The second kappa shape index (κ2) is 8.20. The number of anilines is 1. The number of hydrogen-bond acceptors (Lipinski definition) is 6. The molecule has 1 rings (SSSR count). The van der Waals surface area contributed by atoms with E-state index in [4.69, 9.17) is 4.42 Å². The Morgan fingerprint density at radius 1 is 1.39 bits per heavy atom. The lowest BCUT2D eigenvalue weighted by molar-refractivity contribution is 0.459. The van der Waals surface area contributed by atoms with Crippen LogP contribution in [0.4, 0.5) is 6.01 Å². The minimum absolute atomic E-state index is 0.393. The van der Waals surface area contributed by atoms with Gasteiger partial charge in [0.25, 0.3) is 0 Å². The van der Waals surface area contributed by atoms with Gasteiger partial charge in [-0.25, -0.2) is 0 Å². The van der Waals surface area contributed by atoms with E-state index >= 15 is 0 Å². The Bertz CT molecular complexity index is 368. The molecule has 1 aromatic rings. The standard InChI is InChI=1S/C11H22N4O2S/c1-4-18(16)6-5-13-11-15-14-10(17-11)8-12-7-9(2)3/h9,12H,4-8H2,1-3H3,(H,13,15). The lowest BCUT2D eigenvalue weighted by atomic mass is 10.2. The first kappa shape index (κ1) is 15.1. The Kier molecular flexibility index (Phi) is 6.89. The lowest BCUT2D eigenvalue weighted by Gasteiger charge is -2.03. The average Bonchev–Trinajstić information content (AvgIpc) is 2.76. The van der Waals surface area contributed by atoms with Crippen LogP contribution in [0.2, 0.25) is 0 Å². The summed E-state index contributed by atoms with van der Waals surface area (Å²) in [7, 11) is -0.769. The van der Waals surface area contributed by atoms with Crippen molar-refractivity contribution in [2.24, 2.45) is 5.92 Å². The molecule has 0 saturated carbocycles. The third kappa shape index (κ3) is 6.11. The number of aromatic nitrogens is 2. The Hall–Kier alpha value is -0.950. The van der Waals surface area contributed by atoms with Gasteiger partial charge < -0.3 is 15.1 Å². The first-order valence-electron chi connectivity index (χ1n) is 6.23. The summed E-state index contributed by atoms with van der Waals surface area (Å²) in [5.74, 6) is 2.43. The maximum atomic E-state index is 11.2. The highest BCUT2D eigenvalue weighted by Gasteiger charge is 2.05. The minimum Gasteiger partial charge on any atom is -0.407 e. The van der Waals surface area contributed by atoms with E-state index in [2.05, 4.69) is 34.7 Å². The molecular weight excluding hydrogens is 252 g/mol. The summed E-state index contributed by atoms with van der Waals surface area (Å²) in [6.45, 7) is 8.26. The van der Waals surface area contributed by atoms with Gasteiger partial charge in [0.05, 0.1) is 6.54 Å². The molecule has 0 aliphatic heterocycles. The summed E-state index contributed by atoms with van der Waals surface area (Å²) in [4.78, 5) is 0. The van der Waals surface area contributed by atoms with Crippen LogP contribution in [0, 0.1) is 5.92 Å². The van der Waals surface area contributed by atoms with Crippen LogP contribution < -0.4 is 10.6 Å². The molecule has 0 bridgehead atoms. The van der Waals surface area contributed by atoms with Crippen molar-refractivity contribution in [3.63, 3.8) is 0 Å². The highest BCUT2D eigenvalue weighted by molar-refractivity contribution is 7.84. The topological polar surface area (TPSA) is 80.0 Å². The van der Waals surface area contributed by atoms with Crippen molar-refractivity contribution in [3.8, 4) is 0 Å². The highest BCUT2D eigenvalue weighted by Crippen LogP contribution is 2.04. The summed E-state index contributed by atoms with van der Waals surface area (Å²) in [5.41, 5.74) is 0. The van der Waals surface area contributed by atoms with E-state index in [0.29, 0.717) is 42.4 Å². The SMILES string of the molecule is CCS(=O)CCNc1nnc(CNCC(C)C)o1. The maximum Gasteiger partial charge on any atom is 0.315 e. The molecule has 0 saturated heterocycles. The third-order valence-corrected chi connectivity index (χ3v) is 3.53. The summed E-state index contributed by atoms with van der Waals surface area (Å²) < 4.78 is 16.6. The average molecular weight is 274 g/mol. The van der Waals surface area contributed by atoms with Crippen molar-refractivity contribution in [2.75, 3.05) is 29.9 Å². The minimum atomic E-state index is -0.769. The highest BCUT2D eigenvalue weighted by atomic mass is 32.2. The number of rotatable bonds is 9. The summed E-state index contributed by atoms with van der Waals surface area (Å²) in [6.07, 6.45) is 0. The van der Waals surface area contributed by atoms with Crippen LogP contribution in [0.5, 0.6) is 0 Å². The van der Waals surface area contributed by atoms with Gasteiger partial charge in [0.1, 0.15) is 0 Å². The van der Waals surface area contributed by atoms with Crippen LogP contribution in [0.25, 0.3) is 0 Å². The molecule has 1 unspecified atom stereocenters. The molecule has 0 spiro atoms. The molecule has 0 aliphatic rings. The van der Waals surface area contributed by atoms with Gasteiger partial charge in [-0.15, -0.1) is 5.10 Å². The van der Waals surface area contributed by atoms with Crippen LogP contribution in [-0.2, 0) is 17.3 Å². The predicted octanol–water partition coefficient (Wildman–Crippen LogP) is 0.996. The summed E-state index contributed by atoms with van der Waals surface area (Å²) in [6, 6.07) is 0.393. The Morgan fingerprint density at radius 3 is 2.83 bits per heavy atom. The molecule has 7 heteroatoms. The van der Waals surface area contributed by atoms with E-state index in [-0.39, 0.29) is 0 Å². The first-order valence-corrected chi connectivity index (χ1v) is 7.72. The molecule has 0 aromatic carbocycles. The fraction of sp³-hybridized carbons (Fsp3) is 0.818. The van der Waals surface area contributed by atoms with Gasteiger partial charge >= 0.3 is 6.01 Å². The first-order chi connectivity index (χ1) is 8.61. The second-order valence-corrected chi connectivity index (χ2v) is 6.25. The number of nitrogens with zero attached hydrogens (tertiary/aromatic N) is 2. The van der Waals surface area contributed by atoms with E-state index in [1.165, 1.54) is 0 Å². The van der Waals surface area contributed by atoms with E-state index in [9.17, 15) is 4.21 Å². The molecule has 0 aliphatic carbocycles. The van der Waals surface area contributed by atoms with E-state index < -0.39 is 10.8 Å². The third-order valence-electron chi connectivity index (χ3n) is 2.22.